The second kappa shape index (κ2) is 4.62. The minimum Gasteiger partial charge on any atom is -0.272 e. The zero-order chi connectivity index (χ0) is 17.3. The fourth-order valence-electron chi connectivity index (χ4n) is 5.02. The van der Waals surface area contributed by atoms with Gasteiger partial charge in [-0.2, -0.15) is 10.1 Å². The lowest BCUT2D eigenvalue weighted by atomic mass is 9.85. The molecule has 0 aromatic heterocycles. The molecule has 1 heterocycles. The highest BCUT2D eigenvalue weighted by molar-refractivity contribution is 6.07. The lowest BCUT2D eigenvalue weighted by Crippen LogP contribution is -2.30. The van der Waals surface area contributed by atoms with Crippen LogP contribution in [0.2, 0.25) is 0 Å². The van der Waals surface area contributed by atoms with Crippen molar-refractivity contribution in [3.8, 4) is 0 Å². The van der Waals surface area contributed by atoms with Crippen molar-refractivity contribution in [1.82, 2.24) is 5.01 Å². The molecule has 25 heavy (non-hydrogen) atoms. The molecule has 0 N–H and O–H groups in total. The summed E-state index contributed by atoms with van der Waals surface area (Å²) in [4.78, 5) is 35.8. The van der Waals surface area contributed by atoms with Gasteiger partial charge in [-0.1, -0.05) is 24.3 Å². The summed E-state index contributed by atoms with van der Waals surface area (Å²) in [5.74, 6) is -0.715. The molecule has 1 aromatic rings. The molecule has 4 aliphatic rings. The Labute approximate surface area is 143 Å². The van der Waals surface area contributed by atoms with E-state index in [-0.39, 0.29) is 46.6 Å². The van der Waals surface area contributed by atoms with Gasteiger partial charge in [0.1, 0.15) is 0 Å². The number of allylic oxidation sites excluding steroid dienone is 2. The summed E-state index contributed by atoms with van der Waals surface area (Å²) < 4.78 is 0. The van der Waals surface area contributed by atoms with Crippen LogP contribution in [0.4, 0.5) is 5.69 Å². The Hall–Kier alpha value is -2.83. The SMILES string of the molecule is O=C1[C@@H]2[C@H](C(=O)N1N=Cc1cccc([N+](=O)[O-])c1)[C@H]1C=C[C@H]2C12CC2. The number of amides is 2. The van der Waals surface area contributed by atoms with Crippen LogP contribution in [-0.2, 0) is 9.59 Å². The maximum absolute atomic E-state index is 12.7. The van der Waals surface area contributed by atoms with E-state index in [1.807, 2.05) is 0 Å². The molecule has 126 valence electrons. The van der Waals surface area contributed by atoms with Crippen LogP contribution < -0.4 is 0 Å². The van der Waals surface area contributed by atoms with Crippen LogP contribution in [0.1, 0.15) is 18.4 Å². The van der Waals surface area contributed by atoms with E-state index in [9.17, 15) is 19.7 Å². The molecule has 4 atom stereocenters. The minimum atomic E-state index is -0.494. The molecular formula is C18H15N3O4. The van der Waals surface area contributed by atoms with Crippen molar-refractivity contribution in [2.75, 3.05) is 0 Å². The Morgan fingerprint density at radius 3 is 2.36 bits per heavy atom. The lowest BCUT2D eigenvalue weighted by molar-refractivity contribution is -0.384. The van der Waals surface area contributed by atoms with E-state index >= 15 is 0 Å². The monoisotopic (exact) mass is 337 g/mol. The second-order valence-corrected chi connectivity index (χ2v) is 7.31. The topological polar surface area (TPSA) is 92.9 Å². The molecule has 2 amide bonds. The summed E-state index contributed by atoms with van der Waals surface area (Å²) in [5.41, 5.74) is 0.584. The number of nitro groups is 1. The van der Waals surface area contributed by atoms with Crippen LogP contribution in [0.15, 0.2) is 41.5 Å². The summed E-state index contributed by atoms with van der Waals surface area (Å²) in [6.45, 7) is 0. The molecule has 1 spiro atoms. The van der Waals surface area contributed by atoms with E-state index in [0.717, 1.165) is 17.9 Å². The largest absolute Gasteiger partial charge is 0.272 e. The molecule has 7 nitrogen and oxygen atoms in total. The van der Waals surface area contributed by atoms with Gasteiger partial charge in [-0.3, -0.25) is 19.7 Å². The first kappa shape index (κ1) is 14.5. The summed E-state index contributed by atoms with van der Waals surface area (Å²) >= 11 is 0. The van der Waals surface area contributed by atoms with Crippen molar-refractivity contribution < 1.29 is 14.5 Å². The normalized spacial score (nSPS) is 33.7. The molecule has 2 saturated carbocycles. The zero-order valence-corrected chi connectivity index (χ0v) is 13.2. The summed E-state index contributed by atoms with van der Waals surface area (Å²) in [7, 11) is 0. The van der Waals surface area contributed by atoms with Gasteiger partial charge >= 0.3 is 0 Å². The molecule has 1 saturated heterocycles. The van der Waals surface area contributed by atoms with Gasteiger partial charge in [0, 0.05) is 17.7 Å². The fourth-order valence-corrected chi connectivity index (χ4v) is 5.02. The first-order chi connectivity index (χ1) is 12.0. The highest BCUT2D eigenvalue weighted by atomic mass is 16.6. The van der Waals surface area contributed by atoms with Gasteiger partial charge in [-0.15, -0.1) is 0 Å². The third-order valence-electron chi connectivity index (χ3n) is 6.23. The number of nitrogens with zero attached hydrogens (tertiary/aromatic N) is 3. The van der Waals surface area contributed by atoms with E-state index in [1.165, 1.54) is 18.3 Å². The fraction of sp³-hybridized carbons (Fsp3) is 0.389. The number of carbonyl (C=O) groups excluding carboxylic acids is 2. The number of carbonyl (C=O) groups is 2. The average Bonchev–Trinajstić information content (AvgIpc) is 3.20. The van der Waals surface area contributed by atoms with Gasteiger partial charge < -0.3 is 0 Å². The van der Waals surface area contributed by atoms with E-state index in [4.69, 9.17) is 0 Å². The van der Waals surface area contributed by atoms with Gasteiger partial charge in [0.15, 0.2) is 0 Å². The maximum atomic E-state index is 12.7. The van der Waals surface area contributed by atoms with Crippen LogP contribution in [-0.4, -0.2) is 28.0 Å². The highest BCUT2D eigenvalue weighted by Crippen LogP contribution is 2.73. The van der Waals surface area contributed by atoms with Crippen molar-refractivity contribution >= 4 is 23.7 Å². The van der Waals surface area contributed by atoms with E-state index in [1.54, 1.807) is 12.1 Å². The third kappa shape index (κ3) is 1.78. The smallest absolute Gasteiger partial charge is 0.270 e. The quantitative estimate of drug-likeness (QED) is 0.278. The van der Waals surface area contributed by atoms with Crippen molar-refractivity contribution in [2.24, 2.45) is 34.2 Å². The Morgan fingerprint density at radius 2 is 1.80 bits per heavy atom. The maximum Gasteiger partial charge on any atom is 0.270 e. The lowest BCUT2D eigenvalue weighted by Gasteiger charge is -2.18. The molecule has 3 fully saturated rings. The first-order valence-electron chi connectivity index (χ1n) is 8.37. The van der Waals surface area contributed by atoms with Gasteiger partial charge in [0.2, 0.25) is 0 Å². The second-order valence-electron chi connectivity index (χ2n) is 7.31. The first-order valence-corrected chi connectivity index (χ1v) is 8.37. The third-order valence-corrected chi connectivity index (χ3v) is 6.23. The van der Waals surface area contributed by atoms with Crippen molar-refractivity contribution in [1.29, 1.82) is 0 Å². The molecule has 1 aromatic carbocycles. The average molecular weight is 337 g/mol. The Kier molecular flexibility index (Phi) is 2.68. The molecular weight excluding hydrogens is 322 g/mol. The molecule has 5 rings (SSSR count). The Morgan fingerprint density at radius 1 is 1.16 bits per heavy atom. The summed E-state index contributed by atoms with van der Waals surface area (Å²) in [6, 6.07) is 5.93. The molecule has 0 unspecified atom stereocenters. The number of rotatable bonds is 3. The number of hydrogen-bond acceptors (Lipinski definition) is 5. The molecule has 1 aliphatic heterocycles. The van der Waals surface area contributed by atoms with Crippen LogP contribution in [0.5, 0.6) is 0 Å². The van der Waals surface area contributed by atoms with E-state index in [0.29, 0.717) is 5.56 Å². The van der Waals surface area contributed by atoms with Crippen LogP contribution in [0, 0.1) is 39.2 Å². The van der Waals surface area contributed by atoms with Gasteiger partial charge in [0.25, 0.3) is 17.5 Å². The van der Waals surface area contributed by atoms with Crippen LogP contribution in [0.25, 0.3) is 0 Å². The predicted octanol–water partition coefficient (Wildman–Crippen LogP) is 2.13. The molecule has 7 heteroatoms. The van der Waals surface area contributed by atoms with Crippen molar-refractivity contribution in [3.63, 3.8) is 0 Å². The number of fused-ring (bicyclic) bond motifs is 3. The van der Waals surface area contributed by atoms with E-state index in [2.05, 4.69) is 17.3 Å². The molecule has 0 radical (unpaired) electrons. The van der Waals surface area contributed by atoms with Gasteiger partial charge in [-0.05, 0) is 30.1 Å². The van der Waals surface area contributed by atoms with Crippen molar-refractivity contribution in [2.45, 2.75) is 12.8 Å². The number of hydrazone groups is 1. The molecule has 3 aliphatic carbocycles. The summed E-state index contributed by atoms with van der Waals surface area (Å²) in [6.07, 6.45) is 7.75. The number of non-ortho nitro benzene ring substituents is 1. The number of benzene rings is 1. The highest BCUT2D eigenvalue weighted by Gasteiger charge is 2.73. The van der Waals surface area contributed by atoms with Crippen molar-refractivity contribution in [3.05, 3.63) is 52.1 Å². The van der Waals surface area contributed by atoms with Gasteiger partial charge in [-0.25, -0.2) is 0 Å². The Bertz CT molecular complexity index is 852. The van der Waals surface area contributed by atoms with E-state index < -0.39 is 4.92 Å². The minimum absolute atomic E-state index is 0.0576. The number of imide groups is 1. The predicted molar refractivity (Wildman–Crippen MR) is 87.3 cm³/mol. The van der Waals surface area contributed by atoms with Crippen LogP contribution in [0.3, 0.4) is 0 Å². The van der Waals surface area contributed by atoms with Crippen LogP contribution >= 0.6 is 0 Å². The summed E-state index contributed by atoms with van der Waals surface area (Å²) in [5, 5.41) is 15.9. The standard InChI is InChI=1S/C18H15N3O4/c22-16-14-12-4-5-13(18(12)6-7-18)15(14)17(23)20(16)19-9-10-2-1-3-11(8-10)21(24)25/h1-5,8-9,12-15H,6-7H2/t12-,13-,14-,15+/m1/s1. The number of nitro benzene ring substituents is 1. The zero-order valence-electron chi connectivity index (χ0n) is 13.2. The number of hydrogen-bond donors (Lipinski definition) is 0. The molecule has 2 bridgehead atoms. The Balaban J connectivity index is 1.42. The van der Waals surface area contributed by atoms with Gasteiger partial charge in [0.05, 0.1) is 23.0 Å².